The first-order valence-corrected chi connectivity index (χ1v) is 7.59. The number of piperidine rings is 1. The molecule has 21 heavy (non-hydrogen) atoms. The molecule has 2 amide bonds. The van der Waals surface area contributed by atoms with E-state index in [1.165, 1.54) is 0 Å². The van der Waals surface area contributed by atoms with Crippen LogP contribution in [0, 0.1) is 5.92 Å². The summed E-state index contributed by atoms with van der Waals surface area (Å²) in [4.78, 5) is 26.2. The third-order valence-corrected chi connectivity index (χ3v) is 4.31. The molecule has 0 radical (unpaired) electrons. The summed E-state index contributed by atoms with van der Waals surface area (Å²) in [6.45, 7) is 3.11. The molecule has 1 aromatic rings. The van der Waals surface area contributed by atoms with E-state index in [4.69, 9.17) is 0 Å². The van der Waals surface area contributed by atoms with Crippen molar-refractivity contribution in [2.45, 2.75) is 18.9 Å². The lowest BCUT2D eigenvalue weighted by atomic mass is 9.98. The summed E-state index contributed by atoms with van der Waals surface area (Å²) in [5.41, 5.74) is 0.691. The smallest absolute Gasteiger partial charge is 0.251 e. The number of nitrogens with one attached hydrogen (secondary N) is 2. The van der Waals surface area contributed by atoms with Crippen LogP contribution in [0.25, 0.3) is 0 Å². The molecule has 0 aliphatic carbocycles. The predicted molar refractivity (Wildman–Crippen MR) is 79.9 cm³/mol. The summed E-state index contributed by atoms with van der Waals surface area (Å²) in [5.74, 6) is 0.408. The molecule has 0 saturated carbocycles. The van der Waals surface area contributed by atoms with Gasteiger partial charge in [0.2, 0.25) is 5.91 Å². The fourth-order valence-corrected chi connectivity index (χ4v) is 2.82. The van der Waals surface area contributed by atoms with Crippen molar-refractivity contribution in [2.75, 3.05) is 26.2 Å². The van der Waals surface area contributed by atoms with Crippen molar-refractivity contribution in [3.8, 4) is 0 Å². The van der Waals surface area contributed by atoms with Gasteiger partial charge in [-0.2, -0.15) is 0 Å². The predicted octanol–water partition coefficient (Wildman–Crippen LogP) is 0.627. The highest BCUT2D eigenvalue weighted by Crippen LogP contribution is 2.16. The van der Waals surface area contributed by atoms with Crippen molar-refractivity contribution in [1.29, 1.82) is 0 Å². The molecular weight excluding hydrogens is 266 g/mol. The molecule has 0 spiro atoms. The summed E-state index contributed by atoms with van der Waals surface area (Å²) in [6, 6.07) is 9.43. The van der Waals surface area contributed by atoms with Crippen LogP contribution in [-0.2, 0) is 4.79 Å². The molecule has 0 bridgehead atoms. The van der Waals surface area contributed by atoms with E-state index in [-0.39, 0.29) is 23.8 Å². The summed E-state index contributed by atoms with van der Waals surface area (Å²) in [5, 5.41) is 6.19. The molecule has 3 rings (SSSR count). The minimum Gasteiger partial charge on any atom is -0.349 e. The van der Waals surface area contributed by atoms with Crippen LogP contribution in [0.2, 0.25) is 0 Å². The molecular formula is C16H21N3O2. The maximum atomic E-state index is 12.1. The van der Waals surface area contributed by atoms with Gasteiger partial charge in [0.1, 0.15) is 0 Å². The second-order valence-electron chi connectivity index (χ2n) is 5.79. The quantitative estimate of drug-likeness (QED) is 0.857. The third kappa shape index (κ3) is 3.24. The minimum atomic E-state index is -0.0245. The first-order valence-electron chi connectivity index (χ1n) is 7.59. The molecule has 2 aliphatic rings. The van der Waals surface area contributed by atoms with Crippen LogP contribution < -0.4 is 10.6 Å². The zero-order chi connectivity index (χ0) is 14.7. The van der Waals surface area contributed by atoms with E-state index in [9.17, 15) is 9.59 Å². The van der Waals surface area contributed by atoms with Crippen molar-refractivity contribution in [1.82, 2.24) is 15.5 Å². The number of hydrogen-bond donors (Lipinski definition) is 2. The number of benzene rings is 1. The molecule has 112 valence electrons. The van der Waals surface area contributed by atoms with Gasteiger partial charge in [0.15, 0.2) is 0 Å². The molecule has 2 saturated heterocycles. The van der Waals surface area contributed by atoms with Crippen molar-refractivity contribution in [3.63, 3.8) is 0 Å². The van der Waals surface area contributed by atoms with Crippen molar-refractivity contribution < 1.29 is 9.59 Å². The van der Waals surface area contributed by atoms with Crippen LogP contribution in [-0.4, -0.2) is 48.9 Å². The number of likely N-dealkylation sites (tertiary alicyclic amines) is 1. The average molecular weight is 287 g/mol. The fraction of sp³-hybridized carbons (Fsp3) is 0.500. The van der Waals surface area contributed by atoms with E-state index in [2.05, 4.69) is 10.6 Å². The lowest BCUT2D eigenvalue weighted by Crippen LogP contribution is -2.55. The SMILES string of the molecule is O=C(NC1CCN(C(=O)C2CNC2)CC1)c1ccccc1. The molecule has 1 aromatic carbocycles. The van der Waals surface area contributed by atoms with Gasteiger partial charge in [-0.25, -0.2) is 0 Å². The molecule has 0 unspecified atom stereocenters. The topological polar surface area (TPSA) is 61.4 Å². The van der Waals surface area contributed by atoms with Crippen LogP contribution in [0.5, 0.6) is 0 Å². The molecule has 2 aliphatic heterocycles. The Hall–Kier alpha value is -1.88. The summed E-state index contributed by atoms with van der Waals surface area (Å²) < 4.78 is 0. The van der Waals surface area contributed by atoms with Crippen LogP contribution in [0.3, 0.4) is 0 Å². The maximum absolute atomic E-state index is 12.1. The van der Waals surface area contributed by atoms with E-state index >= 15 is 0 Å². The number of nitrogens with zero attached hydrogens (tertiary/aromatic N) is 1. The maximum Gasteiger partial charge on any atom is 0.251 e. The van der Waals surface area contributed by atoms with E-state index in [1.807, 2.05) is 35.2 Å². The Morgan fingerprint density at radius 2 is 1.76 bits per heavy atom. The molecule has 2 heterocycles. The fourth-order valence-electron chi connectivity index (χ4n) is 2.82. The van der Waals surface area contributed by atoms with Crippen LogP contribution in [0.15, 0.2) is 30.3 Å². The van der Waals surface area contributed by atoms with Crippen molar-refractivity contribution >= 4 is 11.8 Å². The normalized spacial score (nSPS) is 19.9. The Morgan fingerprint density at radius 1 is 1.10 bits per heavy atom. The Kier molecular flexibility index (Phi) is 4.20. The van der Waals surface area contributed by atoms with Gasteiger partial charge >= 0.3 is 0 Å². The second kappa shape index (κ2) is 6.26. The minimum absolute atomic E-state index is 0.0245. The van der Waals surface area contributed by atoms with Crippen LogP contribution in [0.1, 0.15) is 23.2 Å². The van der Waals surface area contributed by atoms with E-state index in [1.54, 1.807) is 0 Å². The first kappa shape index (κ1) is 14.1. The Balaban J connectivity index is 1.47. The highest BCUT2D eigenvalue weighted by Gasteiger charge is 2.31. The van der Waals surface area contributed by atoms with Crippen LogP contribution >= 0.6 is 0 Å². The second-order valence-corrected chi connectivity index (χ2v) is 5.79. The number of carbonyl (C=O) groups excluding carboxylic acids is 2. The van der Waals surface area contributed by atoms with Crippen molar-refractivity contribution in [2.24, 2.45) is 5.92 Å². The lowest BCUT2D eigenvalue weighted by molar-refractivity contribution is -0.138. The van der Waals surface area contributed by atoms with Gasteiger partial charge in [-0.3, -0.25) is 9.59 Å². The van der Waals surface area contributed by atoms with Gasteiger partial charge in [-0.05, 0) is 25.0 Å². The highest BCUT2D eigenvalue weighted by molar-refractivity contribution is 5.94. The van der Waals surface area contributed by atoms with E-state index < -0.39 is 0 Å². The summed E-state index contributed by atoms with van der Waals surface area (Å²) in [6.07, 6.45) is 1.68. The molecule has 0 atom stereocenters. The Morgan fingerprint density at radius 3 is 2.33 bits per heavy atom. The van der Waals surface area contributed by atoms with E-state index in [0.29, 0.717) is 5.56 Å². The first-order chi connectivity index (χ1) is 10.2. The average Bonchev–Trinajstić information content (AvgIpc) is 2.47. The monoisotopic (exact) mass is 287 g/mol. The van der Waals surface area contributed by atoms with Crippen molar-refractivity contribution in [3.05, 3.63) is 35.9 Å². The zero-order valence-electron chi connectivity index (χ0n) is 12.0. The standard InChI is InChI=1S/C16H21N3O2/c20-15(12-4-2-1-3-5-12)18-14-6-8-19(9-7-14)16(21)13-10-17-11-13/h1-5,13-14,17H,6-11H2,(H,18,20). The van der Waals surface area contributed by atoms with Gasteiger partial charge in [0.25, 0.3) is 5.91 Å². The number of hydrogen-bond acceptors (Lipinski definition) is 3. The number of carbonyl (C=O) groups is 2. The Bertz CT molecular complexity index is 506. The third-order valence-electron chi connectivity index (χ3n) is 4.31. The van der Waals surface area contributed by atoms with Crippen LogP contribution in [0.4, 0.5) is 0 Å². The van der Waals surface area contributed by atoms with Gasteiger partial charge in [-0.1, -0.05) is 18.2 Å². The lowest BCUT2D eigenvalue weighted by Gasteiger charge is -2.37. The summed E-state index contributed by atoms with van der Waals surface area (Å²) >= 11 is 0. The molecule has 0 aromatic heterocycles. The van der Waals surface area contributed by atoms with Gasteiger partial charge < -0.3 is 15.5 Å². The molecule has 2 N–H and O–H groups in total. The Labute approximate surface area is 124 Å². The largest absolute Gasteiger partial charge is 0.349 e. The summed E-state index contributed by atoms with van der Waals surface area (Å²) in [7, 11) is 0. The van der Waals surface area contributed by atoms with E-state index in [0.717, 1.165) is 39.0 Å². The zero-order valence-corrected chi connectivity index (χ0v) is 12.0. The molecule has 5 heteroatoms. The van der Waals surface area contributed by atoms with Gasteiger partial charge in [0.05, 0.1) is 5.92 Å². The highest BCUT2D eigenvalue weighted by atomic mass is 16.2. The van der Waals surface area contributed by atoms with Gasteiger partial charge in [0, 0.05) is 37.8 Å². The number of rotatable bonds is 3. The molecule has 5 nitrogen and oxygen atoms in total. The van der Waals surface area contributed by atoms with Gasteiger partial charge in [-0.15, -0.1) is 0 Å². The number of amides is 2. The molecule has 2 fully saturated rings.